The molecule has 0 bridgehead atoms. The Labute approximate surface area is 109 Å². The molecule has 1 rings (SSSR count). The Morgan fingerprint density at radius 3 is 2.83 bits per heavy atom. The van der Waals surface area contributed by atoms with Gasteiger partial charge in [0.05, 0.1) is 11.8 Å². The van der Waals surface area contributed by atoms with Gasteiger partial charge in [-0.3, -0.25) is 4.98 Å². The SMILES string of the molecule is Cc1ccc(O)c(CNCCCCOC(C)C)n1. The van der Waals surface area contributed by atoms with Crippen molar-refractivity contribution in [1.82, 2.24) is 10.3 Å². The quantitative estimate of drug-likeness (QED) is 0.698. The summed E-state index contributed by atoms with van der Waals surface area (Å²) in [5, 5.41) is 12.9. The number of aromatic hydroxyl groups is 1. The van der Waals surface area contributed by atoms with Crippen LogP contribution in [0.15, 0.2) is 12.1 Å². The summed E-state index contributed by atoms with van der Waals surface area (Å²) in [6, 6.07) is 3.50. The first kappa shape index (κ1) is 14.9. The molecular weight excluding hydrogens is 228 g/mol. The van der Waals surface area contributed by atoms with E-state index in [-0.39, 0.29) is 5.75 Å². The molecule has 0 spiro atoms. The summed E-state index contributed by atoms with van der Waals surface area (Å²) in [4.78, 5) is 4.29. The summed E-state index contributed by atoms with van der Waals surface area (Å²) in [5.74, 6) is 0.260. The van der Waals surface area contributed by atoms with Crippen LogP contribution in [0.2, 0.25) is 0 Å². The predicted molar refractivity (Wildman–Crippen MR) is 72.7 cm³/mol. The lowest BCUT2D eigenvalue weighted by molar-refractivity contribution is 0.0760. The van der Waals surface area contributed by atoms with Gasteiger partial charge in [0.15, 0.2) is 0 Å². The molecule has 1 heterocycles. The predicted octanol–water partition coefficient (Wildman–Crippen LogP) is 2.39. The number of rotatable bonds is 8. The number of pyridine rings is 1. The molecule has 0 aliphatic heterocycles. The van der Waals surface area contributed by atoms with Crippen LogP contribution in [0, 0.1) is 6.92 Å². The van der Waals surface area contributed by atoms with Gasteiger partial charge in [0.2, 0.25) is 0 Å². The minimum Gasteiger partial charge on any atom is -0.506 e. The summed E-state index contributed by atoms with van der Waals surface area (Å²) in [5.41, 5.74) is 1.64. The highest BCUT2D eigenvalue weighted by Crippen LogP contribution is 2.13. The van der Waals surface area contributed by atoms with E-state index >= 15 is 0 Å². The Morgan fingerprint density at radius 2 is 2.11 bits per heavy atom. The number of ether oxygens (including phenoxy) is 1. The van der Waals surface area contributed by atoms with E-state index in [2.05, 4.69) is 10.3 Å². The third kappa shape index (κ3) is 5.98. The molecule has 0 fully saturated rings. The fourth-order valence-electron chi connectivity index (χ4n) is 1.61. The van der Waals surface area contributed by atoms with E-state index in [9.17, 15) is 5.11 Å². The van der Waals surface area contributed by atoms with E-state index in [1.807, 2.05) is 26.8 Å². The Balaban J connectivity index is 2.12. The van der Waals surface area contributed by atoms with Crippen LogP contribution < -0.4 is 5.32 Å². The number of unbranched alkanes of at least 4 members (excludes halogenated alkanes) is 1. The number of nitrogens with zero attached hydrogens (tertiary/aromatic N) is 1. The molecule has 4 heteroatoms. The second-order valence-electron chi connectivity index (χ2n) is 4.72. The number of hydrogen-bond acceptors (Lipinski definition) is 4. The van der Waals surface area contributed by atoms with Crippen molar-refractivity contribution in [3.63, 3.8) is 0 Å². The van der Waals surface area contributed by atoms with Gasteiger partial charge in [-0.1, -0.05) is 0 Å². The number of hydrogen-bond donors (Lipinski definition) is 2. The lowest BCUT2D eigenvalue weighted by Crippen LogP contribution is -2.16. The van der Waals surface area contributed by atoms with Crippen LogP contribution in [0.3, 0.4) is 0 Å². The Kier molecular flexibility index (Phi) is 6.68. The standard InChI is InChI=1S/C14H24N2O2/c1-11(2)18-9-5-4-8-15-10-13-14(17)7-6-12(3)16-13/h6-7,11,15,17H,4-5,8-10H2,1-3H3. The molecule has 2 N–H and O–H groups in total. The molecule has 0 atom stereocenters. The van der Waals surface area contributed by atoms with Gasteiger partial charge in [0.25, 0.3) is 0 Å². The first-order valence-corrected chi connectivity index (χ1v) is 6.57. The molecule has 0 radical (unpaired) electrons. The first-order chi connectivity index (χ1) is 8.59. The third-order valence-corrected chi connectivity index (χ3v) is 2.58. The average Bonchev–Trinajstić information content (AvgIpc) is 2.32. The van der Waals surface area contributed by atoms with Crippen molar-refractivity contribution in [1.29, 1.82) is 0 Å². The van der Waals surface area contributed by atoms with Crippen molar-refractivity contribution in [2.24, 2.45) is 0 Å². The van der Waals surface area contributed by atoms with Crippen LogP contribution in [0.25, 0.3) is 0 Å². The summed E-state index contributed by atoms with van der Waals surface area (Å²) < 4.78 is 5.46. The van der Waals surface area contributed by atoms with E-state index in [4.69, 9.17) is 4.74 Å². The zero-order valence-corrected chi connectivity index (χ0v) is 11.6. The van der Waals surface area contributed by atoms with Gasteiger partial charge in [0.1, 0.15) is 5.75 Å². The van der Waals surface area contributed by atoms with Crippen LogP contribution in [-0.4, -0.2) is 29.3 Å². The van der Waals surface area contributed by atoms with Gasteiger partial charge in [-0.15, -0.1) is 0 Å². The molecule has 0 unspecified atom stereocenters. The maximum atomic E-state index is 9.61. The zero-order valence-electron chi connectivity index (χ0n) is 11.6. The van der Waals surface area contributed by atoms with Crippen molar-refractivity contribution >= 4 is 0 Å². The number of aryl methyl sites for hydroxylation is 1. The minimum absolute atomic E-state index is 0.260. The van der Waals surface area contributed by atoms with E-state index in [1.165, 1.54) is 0 Å². The molecule has 1 aromatic heterocycles. The van der Waals surface area contributed by atoms with Crippen LogP contribution in [-0.2, 0) is 11.3 Å². The van der Waals surface area contributed by atoms with Crippen LogP contribution in [0.1, 0.15) is 38.1 Å². The Bertz CT molecular complexity index is 354. The summed E-state index contributed by atoms with van der Waals surface area (Å²) in [6.45, 7) is 8.35. The van der Waals surface area contributed by atoms with Crippen LogP contribution >= 0.6 is 0 Å². The first-order valence-electron chi connectivity index (χ1n) is 6.57. The normalized spacial score (nSPS) is 11.1. The average molecular weight is 252 g/mol. The molecular formula is C14H24N2O2. The Hall–Kier alpha value is -1.13. The van der Waals surface area contributed by atoms with Gasteiger partial charge >= 0.3 is 0 Å². The summed E-state index contributed by atoms with van der Waals surface area (Å²) in [7, 11) is 0. The van der Waals surface area contributed by atoms with Crippen molar-refractivity contribution in [3.05, 3.63) is 23.5 Å². The molecule has 0 saturated heterocycles. The summed E-state index contributed by atoms with van der Waals surface area (Å²) >= 11 is 0. The molecule has 0 aromatic carbocycles. The highest BCUT2D eigenvalue weighted by atomic mass is 16.5. The summed E-state index contributed by atoms with van der Waals surface area (Å²) in [6.07, 6.45) is 2.43. The maximum Gasteiger partial charge on any atom is 0.138 e. The highest BCUT2D eigenvalue weighted by molar-refractivity contribution is 5.27. The third-order valence-electron chi connectivity index (χ3n) is 2.58. The molecule has 1 aromatic rings. The van der Waals surface area contributed by atoms with Gasteiger partial charge < -0.3 is 15.2 Å². The molecule has 102 valence electrons. The lowest BCUT2D eigenvalue weighted by Gasteiger charge is -2.08. The van der Waals surface area contributed by atoms with Gasteiger partial charge in [0, 0.05) is 18.8 Å². The van der Waals surface area contributed by atoms with Gasteiger partial charge in [-0.2, -0.15) is 0 Å². The van der Waals surface area contributed by atoms with Crippen molar-refractivity contribution in [2.45, 2.75) is 46.3 Å². The number of aromatic nitrogens is 1. The molecule has 0 aliphatic carbocycles. The largest absolute Gasteiger partial charge is 0.506 e. The molecule has 0 saturated carbocycles. The highest BCUT2D eigenvalue weighted by Gasteiger charge is 2.02. The lowest BCUT2D eigenvalue weighted by atomic mass is 10.2. The molecule has 4 nitrogen and oxygen atoms in total. The van der Waals surface area contributed by atoms with E-state index in [0.717, 1.165) is 31.7 Å². The second kappa shape index (κ2) is 8.06. The monoisotopic (exact) mass is 252 g/mol. The topological polar surface area (TPSA) is 54.4 Å². The van der Waals surface area contributed by atoms with Gasteiger partial charge in [-0.25, -0.2) is 0 Å². The number of nitrogens with one attached hydrogen (secondary N) is 1. The van der Waals surface area contributed by atoms with Crippen LogP contribution in [0.5, 0.6) is 5.75 Å². The Morgan fingerprint density at radius 1 is 1.33 bits per heavy atom. The second-order valence-corrected chi connectivity index (χ2v) is 4.72. The van der Waals surface area contributed by atoms with Crippen molar-refractivity contribution in [2.75, 3.05) is 13.2 Å². The maximum absolute atomic E-state index is 9.61. The zero-order chi connectivity index (χ0) is 13.4. The molecule has 0 amide bonds. The van der Waals surface area contributed by atoms with Gasteiger partial charge in [-0.05, 0) is 52.3 Å². The molecule has 0 aliphatic rings. The van der Waals surface area contributed by atoms with E-state index < -0.39 is 0 Å². The fourth-order valence-corrected chi connectivity index (χ4v) is 1.61. The fraction of sp³-hybridized carbons (Fsp3) is 0.643. The molecule has 18 heavy (non-hydrogen) atoms. The van der Waals surface area contributed by atoms with Crippen molar-refractivity contribution in [3.8, 4) is 5.75 Å². The van der Waals surface area contributed by atoms with E-state index in [0.29, 0.717) is 18.3 Å². The van der Waals surface area contributed by atoms with Crippen molar-refractivity contribution < 1.29 is 9.84 Å². The smallest absolute Gasteiger partial charge is 0.138 e. The minimum atomic E-state index is 0.260. The van der Waals surface area contributed by atoms with Crippen LogP contribution in [0.4, 0.5) is 0 Å². The van der Waals surface area contributed by atoms with E-state index in [1.54, 1.807) is 6.07 Å².